The highest BCUT2D eigenvalue weighted by Gasteiger charge is 2.45. The number of rotatable bonds is 1. The van der Waals surface area contributed by atoms with Crippen molar-refractivity contribution in [3.63, 3.8) is 0 Å². The van der Waals surface area contributed by atoms with Gasteiger partial charge in [-0.25, -0.2) is 4.79 Å². The summed E-state index contributed by atoms with van der Waals surface area (Å²) in [7, 11) is 0. The molecule has 0 N–H and O–H groups in total. The molecule has 0 aromatic heterocycles. The number of esters is 1. The van der Waals surface area contributed by atoms with Crippen LogP contribution >= 0.6 is 11.6 Å². The average molecular weight is 245 g/mol. The summed E-state index contributed by atoms with van der Waals surface area (Å²) in [6.07, 6.45) is 0. The van der Waals surface area contributed by atoms with Crippen LogP contribution in [0.15, 0.2) is 54.6 Å². The predicted molar refractivity (Wildman–Crippen MR) is 64.9 cm³/mol. The molecule has 3 heteroatoms. The Morgan fingerprint density at radius 1 is 0.941 bits per heavy atom. The summed E-state index contributed by atoms with van der Waals surface area (Å²) in [6.45, 7) is 0. The van der Waals surface area contributed by atoms with E-state index < -0.39 is 5.06 Å². The first-order chi connectivity index (χ1) is 8.22. The van der Waals surface area contributed by atoms with E-state index in [0.29, 0.717) is 11.1 Å². The van der Waals surface area contributed by atoms with E-state index in [9.17, 15) is 4.79 Å². The van der Waals surface area contributed by atoms with E-state index in [4.69, 9.17) is 16.3 Å². The fourth-order valence-electron chi connectivity index (χ4n) is 2.05. The molecule has 0 saturated carbocycles. The van der Waals surface area contributed by atoms with E-state index in [1.807, 2.05) is 42.5 Å². The highest BCUT2D eigenvalue weighted by Crippen LogP contribution is 2.44. The Morgan fingerprint density at radius 2 is 1.59 bits per heavy atom. The van der Waals surface area contributed by atoms with E-state index in [1.54, 1.807) is 12.1 Å². The number of carbonyl (C=O) groups is 1. The van der Waals surface area contributed by atoms with Crippen LogP contribution in [0.3, 0.4) is 0 Å². The fraction of sp³-hybridized carbons (Fsp3) is 0.0714. The molecular weight excluding hydrogens is 236 g/mol. The second-order valence-electron chi connectivity index (χ2n) is 3.90. The normalized spacial score (nSPS) is 22.1. The Kier molecular flexibility index (Phi) is 2.20. The minimum Gasteiger partial charge on any atom is -0.431 e. The summed E-state index contributed by atoms with van der Waals surface area (Å²) in [4.78, 5) is 11.7. The summed E-state index contributed by atoms with van der Waals surface area (Å²) in [5.74, 6) is -0.376. The standard InChI is InChI=1S/C14H9ClO2/c15-14(10-6-2-1-3-7-10)12-9-5-4-8-11(12)13(16)17-14/h1-9H/t14-/m0/s1. The molecule has 0 amide bonds. The lowest BCUT2D eigenvalue weighted by Gasteiger charge is -2.21. The van der Waals surface area contributed by atoms with Crippen LogP contribution in [0, 0.1) is 0 Å². The van der Waals surface area contributed by atoms with Crippen LogP contribution in [0.4, 0.5) is 0 Å². The van der Waals surface area contributed by atoms with Gasteiger partial charge in [-0.1, -0.05) is 60.1 Å². The van der Waals surface area contributed by atoms with Gasteiger partial charge in [0.25, 0.3) is 0 Å². The molecular formula is C14H9ClO2. The molecule has 0 saturated heterocycles. The second kappa shape index (κ2) is 3.60. The number of benzene rings is 2. The first-order valence-electron chi connectivity index (χ1n) is 5.29. The van der Waals surface area contributed by atoms with Crippen LogP contribution in [0.5, 0.6) is 0 Å². The minimum absolute atomic E-state index is 0.376. The molecule has 0 fully saturated rings. The summed E-state index contributed by atoms with van der Waals surface area (Å²) in [5.41, 5.74) is 2.00. The van der Waals surface area contributed by atoms with Crippen molar-refractivity contribution >= 4 is 17.6 Å². The van der Waals surface area contributed by atoms with Crippen molar-refractivity contribution in [1.82, 2.24) is 0 Å². The molecule has 2 aromatic rings. The minimum atomic E-state index is -1.19. The predicted octanol–water partition coefficient (Wildman–Crippen LogP) is 3.30. The van der Waals surface area contributed by atoms with E-state index >= 15 is 0 Å². The zero-order valence-corrected chi connectivity index (χ0v) is 9.65. The SMILES string of the molecule is O=C1O[C@@](Cl)(c2ccccc2)c2ccccc21. The van der Waals surface area contributed by atoms with Gasteiger partial charge in [0.15, 0.2) is 0 Å². The molecule has 0 unspecified atom stereocenters. The lowest BCUT2D eigenvalue weighted by atomic mass is 9.99. The highest BCUT2D eigenvalue weighted by molar-refractivity contribution is 6.27. The summed E-state index contributed by atoms with van der Waals surface area (Å²) >= 11 is 6.48. The lowest BCUT2D eigenvalue weighted by molar-refractivity contribution is 0.0366. The monoisotopic (exact) mass is 244 g/mol. The van der Waals surface area contributed by atoms with Gasteiger partial charge in [0.2, 0.25) is 5.06 Å². The van der Waals surface area contributed by atoms with Crippen molar-refractivity contribution in [2.75, 3.05) is 0 Å². The first kappa shape index (κ1) is 10.4. The van der Waals surface area contributed by atoms with E-state index in [2.05, 4.69) is 0 Å². The molecule has 1 heterocycles. The van der Waals surface area contributed by atoms with Gasteiger partial charge < -0.3 is 4.74 Å². The summed E-state index contributed by atoms with van der Waals surface area (Å²) in [5, 5.41) is -1.19. The fourth-order valence-corrected chi connectivity index (χ4v) is 2.41. The van der Waals surface area contributed by atoms with Crippen molar-refractivity contribution in [3.05, 3.63) is 71.3 Å². The maximum atomic E-state index is 11.7. The average Bonchev–Trinajstić information content (AvgIpc) is 2.65. The number of alkyl halides is 1. The highest BCUT2D eigenvalue weighted by atomic mass is 35.5. The molecule has 84 valence electrons. The van der Waals surface area contributed by atoms with E-state index in [-0.39, 0.29) is 5.97 Å². The van der Waals surface area contributed by atoms with Crippen LogP contribution in [0.1, 0.15) is 21.5 Å². The van der Waals surface area contributed by atoms with Crippen molar-refractivity contribution in [2.24, 2.45) is 0 Å². The van der Waals surface area contributed by atoms with Gasteiger partial charge in [0.05, 0.1) is 5.56 Å². The molecule has 2 nitrogen and oxygen atoms in total. The number of carbonyl (C=O) groups excluding carboxylic acids is 1. The molecule has 0 bridgehead atoms. The molecule has 3 rings (SSSR count). The zero-order chi connectivity index (χ0) is 11.9. The van der Waals surface area contributed by atoms with Gasteiger partial charge in [-0.2, -0.15) is 0 Å². The van der Waals surface area contributed by atoms with Crippen LogP contribution in [0.25, 0.3) is 0 Å². The largest absolute Gasteiger partial charge is 0.431 e. The van der Waals surface area contributed by atoms with Crippen LogP contribution < -0.4 is 0 Å². The third-order valence-electron chi connectivity index (χ3n) is 2.87. The Hall–Kier alpha value is -1.80. The van der Waals surface area contributed by atoms with Crippen molar-refractivity contribution in [1.29, 1.82) is 0 Å². The third-order valence-corrected chi connectivity index (χ3v) is 3.37. The quantitative estimate of drug-likeness (QED) is 0.568. The number of ether oxygens (including phenoxy) is 1. The van der Waals surface area contributed by atoms with Crippen molar-refractivity contribution in [2.45, 2.75) is 5.06 Å². The second-order valence-corrected chi connectivity index (χ2v) is 4.43. The van der Waals surface area contributed by atoms with Crippen LogP contribution in [-0.2, 0) is 9.80 Å². The van der Waals surface area contributed by atoms with Gasteiger partial charge in [-0.15, -0.1) is 0 Å². The van der Waals surface area contributed by atoms with Crippen molar-refractivity contribution in [3.8, 4) is 0 Å². The Bertz CT molecular complexity index is 580. The Labute approximate surface area is 104 Å². The maximum Gasteiger partial charge on any atom is 0.340 e. The number of cyclic esters (lactones) is 1. The number of hydrogen-bond donors (Lipinski definition) is 0. The lowest BCUT2D eigenvalue weighted by Crippen LogP contribution is -2.19. The molecule has 0 spiro atoms. The number of hydrogen-bond acceptors (Lipinski definition) is 2. The van der Waals surface area contributed by atoms with Crippen molar-refractivity contribution < 1.29 is 9.53 Å². The topological polar surface area (TPSA) is 26.3 Å². The van der Waals surface area contributed by atoms with Crippen LogP contribution in [0.2, 0.25) is 0 Å². The van der Waals surface area contributed by atoms with Gasteiger partial charge >= 0.3 is 5.97 Å². The van der Waals surface area contributed by atoms with Gasteiger partial charge in [0, 0.05) is 11.1 Å². The van der Waals surface area contributed by atoms with Gasteiger partial charge in [0.1, 0.15) is 0 Å². The Balaban J connectivity index is 2.21. The third kappa shape index (κ3) is 1.45. The van der Waals surface area contributed by atoms with E-state index in [0.717, 1.165) is 5.56 Å². The molecule has 17 heavy (non-hydrogen) atoms. The molecule has 1 aliphatic heterocycles. The Morgan fingerprint density at radius 3 is 2.35 bits per heavy atom. The number of fused-ring (bicyclic) bond motifs is 1. The summed E-state index contributed by atoms with van der Waals surface area (Å²) in [6, 6.07) is 16.5. The molecule has 0 radical (unpaired) electrons. The first-order valence-corrected chi connectivity index (χ1v) is 5.67. The smallest absolute Gasteiger partial charge is 0.340 e. The molecule has 1 aliphatic rings. The molecule has 1 atom stereocenters. The molecule has 2 aromatic carbocycles. The van der Waals surface area contributed by atoms with E-state index in [1.165, 1.54) is 0 Å². The van der Waals surface area contributed by atoms with Crippen LogP contribution in [-0.4, -0.2) is 5.97 Å². The summed E-state index contributed by atoms with van der Waals surface area (Å²) < 4.78 is 5.33. The number of halogens is 1. The maximum absolute atomic E-state index is 11.7. The van der Waals surface area contributed by atoms with Gasteiger partial charge in [-0.05, 0) is 6.07 Å². The zero-order valence-electron chi connectivity index (χ0n) is 8.89. The van der Waals surface area contributed by atoms with Gasteiger partial charge in [-0.3, -0.25) is 0 Å². The molecule has 0 aliphatic carbocycles.